The normalized spacial score (nSPS) is 14.5. The Morgan fingerprint density at radius 1 is 0.825 bits per heavy atom. The molecule has 3 heterocycles. The molecule has 0 bridgehead atoms. The predicted octanol–water partition coefficient (Wildman–Crippen LogP) is 8.77. The number of ether oxygens (including phenoxy) is 5. The summed E-state index contributed by atoms with van der Waals surface area (Å²) in [7, 11) is 3.10. The number of aromatic nitrogens is 2. The van der Waals surface area contributed by atoms with E-state index in [4.69, 9.17) is 28.1 Å². The van der Waals surface area contributed by atoms with Crippen molar-refractivity contribution in [2.75, 3.05) is 27.4 Å². The molecule has 7 aromatic rings. The van der Waals surface area contributed by atoms with E-state index in [2.05, 4.69) is 27.8 Å². The Kier molecular flexibility index (Phi) is 10.9. The molecule has 11 heteroatoms. The maximum absolute atomic E-state index is 13.6. The van der Waals surface area contributed by atoms with E-state index in [-0.39, 0.29) is 26.2 Å². The summed E-state index contributed by atoms with van der Waals surface area (Å²) in [6, 6.07) is 39.2. The average molecular weight is 766 g/mol. The number of oxazole rings is 1. The van der Waals surface area contributed by atoms with E-state index in [9.17, 15) is 9.59 Å². The van der Waals surface area contributed by atoms with Gasteiger partial charge in [0, 0.05) is 41.9 Å². The van der Waals surface area contributed by atoms with Gasteiger partial charge in [0.2, 0.25) is 5.89 Å². The second-order valence-corrected chi connectivity index (χ2v) is 13.9. The number of amides is 2. The Hall–Kier alpha value is -6.59. The number of imide groups is 1. The quantitative estimate of drug-likeness (QED) is 0.101. The van der Waals surface area contributed by atoms with Crippen LogP contribution >= 0.6 is 0 Å². The lowest BCUT2D eigenvalue weighted by Gasteiger charge is -2.24. The molecule has 0 radical (unpaired) electrons. The van der Waals surface area contributed by atoms with E-state index in [1.807, 2.05) is 110 Å². The number of aryl methyl sites for hydroxylation is 1. The van der Waals surface area contributed by atoms with E-state index in [1.165, 1.54) is 12.0 Å². The van der Waals surface area contributed by atoms with E-state index >= 15 is 0 Å². The molecule has 1 fully saturated rings. The molecule has 2 amide bonds. The number of hydrogen-bond donors (Lipinski definition) is 0. The van der Waals surface area contributed by atoms with Crippen molar-refractivity contribution < 1.29 is 37.7 Å². The Morgan fingerprint density at radius 3 is 2.37 bits per heavy atom. The van der Waals surface area contributed by atoms with Gasteiger partial charge < -0.3 is 32.7 Å². The Bertz CT molecular complexity index is 2510. The number of carbonyl (C=O) groups excluding carboxylic acids is 2. The first-order valence-electron chi connectivity index (χ1n) is 18.9. The van der Waals surface area contributed by atoms with Gasteiger partial charge in [-0.25, -0.2) is 14.7 Å². The van der Waals surface area contributed by atoms with Crippen LogP contribution in [0.4, 0.5) is 4.79 Å². The van der Waals surface area contributed by atoms with Crippen molar-refractivity contribution >= 4 is 33.8 Å². The van der Waals surface area contributed by atoms with Gasteiger partial charge in [-0.05, 0) is 66.9 Å². The van der Waals surface area contributed by atoms with Crippen LogP contribution in [0.2, 0.25) is 0 Å². The number of benzene rings is 5. The lowest BCUT2D eigenvalue weighted by Crippen LogP contribution is -2.46. The van der Waals surface area contributed by atoms with Gasteiger partial charge in [-0.3, -0.25) is 4.79 Å². The number of methoxy groups -OCH3 is 2. The fourth-order valence-electron chi connectivity index (χ4n) is 7.42. The third kappa shape index (κ3) is 7.79. The number of carbonyl (C=O) groups is 2. The highest BCUT2D eigenvalue weighted by atomic mass is 16.6. The topological polar surface area (TPSA) is 114 Å². The molecule has 290 valence electrons. The summed E-state index contributed by atoms with van der Waals surface area (Å²) in [6.07, 6.45) is -0.796. The molecule has 0 aliphatic carbocycles. The number of para-hydroxylation sites is 1. The number of cyclic esters (lactones) is 1. The van der Waals surface area contributed by atoms with Gasteiger partial charge in [0.05, 0.1) is 25.3 Å². The van der Waals surface area contributed by atoms with Crippen LogP contribution < -0.4 is 14.2 Å². The molecule has 8 rings (SSSR count). The highest BCUT2D eigenvalue weighted by molar-refractivity contribution is 6.11. The number of rotatable bonds is 15. The highest BCUT2D eigenvalue weighted by Gasteiger charge is 2.41. The fourth-order valence-corrected chi connectivity index (χ4v) is 7.42. The maximum atomic E-state index is 13.6. The largest absolute Gasteiger partial charge is 0.493 e. The zero-order valence-corrected chi connectivity index (χ0v) is 32.1. The summed E-state index contributed by atoms with van der Waals surface area (Å²) in [4.78, 5) is 32.2. The van der Waals surface area contributed by atoms with E-state index in [0.29, 0.717) is 41.9 Å². The second kappa shape index (κ2) is 16.6. The summed E-state index contributed by atoms with van der Waals surface area (Å²) in [5.41, 5.74) is 5.69. The molecule has 57 heavy (non-hydrogen) atoms. The Balaban J connectivity index is 0.973. The van der Waals surface area contributed by atoms with Gasteiger partial charge in [0.1, 0.15) is 36.5 Å². The van der Waals surface area contributed by atoms with Crippen LogP contribution in [0.15, 0.2) is 126 Å². The van der Waals surface area contributed by atoms with Crippen molar-refractivity contribution in [3.8, 4) is 28.7 Å². The molecular formula is C46H43N3O8. The lowest BCUT2D eigenvalue weighted by molar-refractivity contribution is -0.140. The first-order chi connectivity index (χ1) is 27.9. The van der Waals surface area contributed by atoms with Gasteiger partial charge in [-0.2, -0.15) is 0 Å². The van der Waals surface area contributed by atoms with Crippen molar-refractivity contribution in [3.63, 3.8) is 0 Å². The monoisotopic (exact) mass is 765 g/mol. The predicted molar refractivity (Wildman–Crippen MR) is 216 cm³/mol. The average Bonchev–Trinajstić information content (AvgIpc) is 3.91. The van der Waals surface area contributed by atoms with Crippen LogP contribution in [0, 0.1) is 6.92 Å². The van der Waals surface area contributed by atoms with Gasteiger partial charge in [0.15, 0.2) is 11.5 Å². The molecule has 2 atom stereocenters. The van der Waals surface area contributed by atoms with Crippen LogP contribution in [0.5, 0.6) is 17.2 Å². The van der Waals surface area contributed by atoms with E-state index in [1.54, 1.807) is 7.11 Å². The molecule has 0 spiro atoms. The van der Waals surface area contributed by atoms with Crippen molar-refractivity contribution in [1.29, 1.82) is 0 Å². The van der Waals surface area contributed by atoms with Crippen LogP contribution in [0.25, 0.3) is 33.3 Å². The lowest BCUT2D eigenvalue weighted by atomic mass is 10.1. The first-order valence-corrected chi connectivity index (χ1v) is 18.9. The summed E-state index contributed by atoms with van der Waals surface area (Å²) in [6.45, 7) is 3.00. The summed E-state index contributed by atoms with van der Waals surface area (Å²) in [5.74, 6) is 2.72. The molecule has 2 aromatic heterocycles. The smallest absolute Gasteiger partial charge is 0.417 e. The molecule has 1 aliphatic heterocycles. The minimum absolute atomic E-state index is 0.142. The number of hydrogen-bond acceptors (Lipinski definition) is 9. The maximum Gasteiger partial charge on any atom is 0.417 e. The Morgan fingerprint density at radius 2 is 1.58 bits per heavy atom. The van der Waals surface area contributed by atoms with Crippen molar-refractivity contribution in [2.24, 2.45) is 0 Å². The van der Waals surface area contributed by atoms with Gasteiger partial charge in [-0.15, -0.1) is 0 Å². The number of fused-ring (bicyclic) bond motifs is 3. The third-order valence-electron chi connectivity index (χ3n) is 10.3. The van der Waals surface area contributed by atoms with Gasteiger partial charge in [-0.1, -0.05) is 78.9 Å². The number of nitrogens with zero attached hydrogens (tertiary/aromatic N) is 3. The van der Waals surface area contributed by atoms with Crippen LogP contribution in [0.3, 0.4) is 0 Å². The molecular weight excluding hydrogens is 723 g/mol. The minimum atomic E-state index is -0.886. The SMILES string of the molecule is COc1cc(Cn2c3ccccc3c3c(OCCC(OC)C(=O)N4C(=O)OC[C@@H]4Cc4ccccc4)cccc32)ccc1OCc1nc(-c2ccccc2)oc1C. The highest BCUT2D eigenvalue weighted by Crippen LogP contribution is 2.37. The van der Waals surface area contributed by atoms with Gasteiger partial charge >= 0.3 is 6.09 Å². The van der Waals surface area contributed by atoms with Crippen molar-refractivity contribution in [2.45, 2.75) is 45.1 Å². The fraction of sp³-hybridized carbons (Fsp3) is 0.239. The van der Waals surface area contributed by atoms with Crippen LogP contribution in [0.1, 0.15) is 29.0 Å². The summed E-state index contributed by atoms with van der Waals surface area (Å²) in [5, 5.41) is 2.00. The molecule has 11 nitrogen and oxygen atoms in total. The van der Waals surface area contributed by atoms with E-state index < -0.39 is 24.1 Å². The first kappa shape index (κ1) is 37.3. The Labute approximate surface area is 330 Å². The van der Waals surface area contributed by atoms with Crippen molar-refractivity contribution in [1.82, 2.24) is 14.5 Å². The molecule has 1 aliphatic rings. The van der Waals surface area contributed by atoms with E-state index in [0.717, 1.165) is 44.2 Å². The molecule has 1 saturated heterocycles. The molecule has 0 saturated carbocycles. The zero-order chi connectivity index (χ0) is 39.3. The summed E-state index contributed by atoms with van der Waals surface area (Å²) < 4.78 is 37.5. The van der Waals surface area contributed by atoms with Crippen LogP contribution in [-0.4, -0.2) is 66.0 Å². The second-order valence-electron chi connectivity index (χ2n) is 13.9. The standard InChI is InChI=1S/C46H43N3O8/c1-30-36(47-44(57-30)33-15-8-5-9-16-33)29-55-39-22-21-32(26-42(39)53-3)27-48-37-18-11-10-17-35(37)43-38(48)19-12-20-40(43)54-24-23-41(52-2)45(50)49-34(28-56-46(49)51)25-31-13-6-4-7-14-31/h4-22,26,34,41H,23-25,27-29H2,1-3H3/t34-,41?/m0/s1. The molecule has 0 N–H and O–H groups in total. The summed E-state index contributed by atoms with van der Waals surface area (Å²) >= 11 is 0. The molecule has 5 aromatic carbocycles. The zero-order valence-electron chi connectivity index (χ0n) is 32.1. The van der Waals surface area contributed by atoms with Crippen molar-refractivity contribution in [3.05, 3.63) is 144 Å². The third-order valence-corrected chi connectivity index (χ3v) is 10.3. The molecule has 1 unspecified atom stereocenters. The van der Waals surface area contributed by atoms with Crippen LogP contribution in [-0.2, 0) is 33.8 Å². The van der Waals surface area contributed by atoms with Gasteiger partial charge in [0.25, 0.3) is 5.91 Å². The minimum Gasteiger partial charge on any atom is -0.493 e.